The van der Waals surface area contributed by atoms with Gasteiger partial charge in [0.15, 0.2) is 0 Å². The molecule has 2 N–H and O–H groups in total. The molecular formula is C17H29N3O. The van der Waals surface area contributed by atoms with Gasteiger partial charge in [-0.05, 0) is 37.1 Å². The van der Waals surface area contributed by atoms with Crippen LogP contribution in [-0.4, -0.2) is 38.5 Å². The Morgan fingerprint density at radius 3 is 2.19 bits per heavy atom. The molecule has 0 bridgehead atoms. The van der Waals surface area contributed by atoms with E-state index in [-0.39, 0.29) is 5.91 Å². The van der Waals surface area contributed by atoms with Crippen molar-refractivity contribution in [3.05, 3.63) is 29.8 Å². The van der Waals surface area contributed by atoms with Crippen LogP contribution in [0.15, 0.2) is 24.3 Å². The summed E-state index contributed by atoms with van der Waals surface area (Å²) in [7, 11) is 5.92. The van der Waals surface area contributed by atoms with Gasteiger partial charge in [0.05, 0.1) is 0 Å². The summed E-state index contributed by atoms with van der Waals surface area (Å²) in [5.41, 5.74) is 7.80. The highest BCUT2D eigenvalue weighted by molar-refractivity contribution is 5.75. The number of unbranched alkanes of at least 4 members (excludes halogenated alkanes) is 3. The fourth-order valence-corrected chi connectivity index (χ4v) is 2.23. The number of nitrogens with two attached hydrogens (primary N) is 1. The van der Waals surface area contributed by atoms with Crippen LogP contribution in [0.25, 0.3) is 0 Å². The number of carbonyl (C=O) groups is 1. The molecule has 0 fully saturated rings. The Kier molecular flexibility index (Phi) is 7.83. The maximum atomic E-state index is 12.0. The topological polar surface area (TPSA) is 49.6 Å². The minimum absolute atomic E-state index is 0.222. The van der Waals surface area contributed by atoms with Crippen molar-refractivity contribution in [2.45, 2.75) is 38.6 Å². The lowest BCUT2D eigenvalue weighted by Crippen LogP contribution is -2.25. The third-order valence-corrected chi connectivity index (χ3v) is 3.64. The van der Waals surface area contributed by atoms with Crippen LogP contribution in [0.4, 0.5) is 5.69 Å². The van der Waals surface area contributed by atoms with E-state index in [1.807, 2.05) is 26.0 Å². The molecule has 118 valence electrons. The van der Waals surface area contributed by atoms with E-state index in [4.69, 9.17) is 5.73 Å². The minimum Gasteiger partial charge on any atom is -0.378 e. The molecule has 0 unspecified atom stereocenters. The number of carbonyl (C=O) groups excluding carboxylic acids is 1. The smallest absolute Gasteiger partial charge is 0.222 e. The second kappa shape index (κ2) is 9.40. The first-order valence-electron chi connectivity index (χ1n) is 7.75. The van der Waals surface area contributed by atoms with Crippen molar-refractivity contribution in [1.82, 2.24) is 4.90 Å². The summed E-state index contributed by atoms with van der Waals surface area (Å²) in [4.78, 5) is 15.9. The molecular weight excluding hydrogens is 262 g/mol. The van der Waals surface area contributed by atoms with Crippen LogP contribution in [0.2, 0.25) is 0 Å². The monoisotopic (exact) mass is 291 g/mol. The van der Waals surface area contributed by atoms with Crippen LogP contribution in [0.3, 0.4) is 0 Å². The van der Waals surface area contributed by atoms with Crippen molar-refractivity contribution < 1.29 is 4.79 Å². The average Bonchev–Trinajstić information content (AvgIpc) is 2.47. The van der Waals surface area contributed by atoms with Crippen LogP contribution >= 0.6 is 0 Å². The van der Waals surface area contributed by atoms with Gasteiger partial charge in [0.1, 0.15) is 0 Å². The number of nitrogens with zero attached hydrogens (tertiary/aromatic N) is 2. The Hall–Kier alpha value is -1.55. The Morgan fingerprint density at radius 2 is 1.62 bits per heavy atom. The molecule has 1 aromatic rings. The van der Waals surface area contributed by atoms with Gasteiger partial charge in [0, 0.05) is 39.8 Å². The highest BCUT2D eigenvalue weighted by Crippen LogP contribution is 2.14. The number of hydrogen-bond donors (Lipinski definition) is 1. The van der Waals surface area contributed by atoms with Crippen molar-refractivity contribution in [3.8, 4) is 0 Å². The maximum absolute atomic E-state index is 12.0. The van der Waals surface area contributed by atoms with Crippen LogP contribution < -0.4 is 10.6 Å². The van der Waals surface area contributed by atoms with Gasteiger partial charge in [-0.1, -0.05) is 25.0 Å². The number of benzene rings is 1. The molecule has 0 saturated carbocycles. The molecule has 4 nitrogen and oxygen atoms in total. The zero-order valence-corrected chi connectivity index (χ0v) is 13.6. The summed E-state index contributed by atoms with van der Waals surface area (Å²) in [6.45, 7) is 1.42. The van der Waals surface area contributed by atoms with Crippen LogP contribution in [0.5, 0.6) is 0 Å². The minimum atomic E-state index is 0.222. The summed E-state index contributed by atoms with van der Waals surface area (Å²) < 4.78 is 0. The van der Waals surface area contributed by atoms with Crippen molar-refractivity contribution in [3.63, 3.8) is 0 Å². The molecule has 0 radical (unpaired) electrons. The lowest BCUT2D eigenvalue weighted by Gasteiger charge is -2.18. The van der Waals surface area contributed by atoms with Crippen molar-refractivity contribution in [1.29, 1.82) is 0 Å². The Labute approximate surface area is 128 Å². The van der Waals surface area contributed by atoms with Crippen LogP contribution in [-0.2, 0) is 11.3 Å². The first-order valence-corrected chi connectivity index (χ1v) is 7.75. The second-order valence-electron chi connectivity index (χ2n) is 5.76. The van der Waals surface area contributed by atoms with Gasteiger partial charge in [0.25, 0.3) is 0 Å². The van der Waals surface area contributed by atoms with Gasteiger partial charge in [-0.2, -0.15) is 0 Å². The lowest BCUT2D eigenvalue weighted by molar-refractivity contribution is -0.130. The third-order valence-electron chi connectivity index (χ3n) is 3.64. The summed E-state index contributed by atoms with van der Waals surface area (Å²) in [6, 6.07) is 8.33. The van der Waals surface area contributed by atoms with E-state index in [1.165, 1.54) is 11.3 Å². The van der Waals surface area contributed by atoms with E-state index in [0.717, 1.165) is 32.2 Å². The van der Waals surface area contributed by atoms with E-state index in [0.29, 0.717) is 13.0 Å². The molecule has 0 aliphatic heterocycles. The first-order chi connectivity index (χ1) is 10.0. The predicted molar refractivity (Wildman–Crippen MR) is 89.4 cm³/mol. The third kappa shape index (κ3) is 6.63. The SMILES string of the molecule is CN(Cc1ccc(N(C)C)cc1)C(=O)CCCCCCN. The molecule has 1 aromatic carbocycles. The second-order valence-corrected chi connectivity index (χ2v) is 5.76. The molecule has 1 amide bonds. The average molecular weight is 291 g/mol. The molecule has 0 aromatic heterocycles. The fraction of sp³-hybridized carbons (Fsp3) is 0.588. The van der Waals surface area contributed by atoms with E-state index in [9.17, 15) is 4.79 Å². The number of rotatable bonds is 9. The van der Waals surface area contributed by atoms with Crippen molar-refractivity contribution >= 4 is 11.6 Å². The molecule has 21 heavy (non-hydrogen) atoms. The summed E-state index contributed by atoms with van der Waals surface area (Å²) in [6.07, 6.45) is 4.87. The Morgan fingerprint density at radius 1 is 1.00 bits per heavy atom. The van der Waals surface area contributed by atoms with E-state index in [1.54, 1.807) is 0 Å². The summed E-state index contributed by atoms with van der Waals surface area (Å²) in [5.74, 6) is 0.222. The molecule has 0 spiro atoms. The van der Waals surface area contributed by atoms with Gasteiger partial charge >= 0.3 is 0 Å². The Bertz CT molecular complexity index is 415. The van der Waals surface area contributed by atoms with Gasteiger partial charge in [-0.25, -0.2) is 0 Å². The number of hydrogen-bond acceptors (Lipinski definition) is 3. The molecule has 0 heterocycles. The van der Waals surface area contributed by atoms with Gasteiger partial charge in [-0.15, -0.1) is 0 Å². The predicted octanol–water partition coefficient (Wildman–Crippen LogP) is 2.62. The van der Waals surface area contributed by atoms with Crippen LogP contribution in [0.1, 0.15) is 37.7 Å². The van der Waals surface area contributed by atoms with Crippen molar-refractivity contribution in [2.24, 2.45) is 5.73 Å². The zero-order chi connectivity index (χ0) is 15.7. The largest absolute Gasteiger partial charge is 0.378 e. The molecule has 0 aliphatic rings. The summed E-state index contributed by atoms with van der Waals surface area (Å²) >= 11 is 0. The normalized spacial score (nSPS) is 10.5. The molecule has 0 saturated heterocycles. The number of anilines is 1. The molecule has 4 heteroatoms. The zero-order valence-electron chi connectivity index (χ0n) is 13.6. The van der Waals surface area contributed by atoms with Crippen LogP contribution in [0, 0.1) is 0 Å². The maximum Gasteiger partial charge on any atom is 0.222 e. The van der Waals surface area contributed by atoms with Gasteiger partial charge in [0.2, 0.25) is 5.91 Å². The van der Waals surface area contributed by atoms with E-state index >= 15 is 0 Å². The van der Waals surface area contributed by atoms with E-state index < -0.39 is 0 Å². The van der Waals surface area contributed by atoms with E-state index in [2.05, 4.69) is 29.2 Å². The first kappa shape index (κ1) is 17.5. The highest BCUT2D eigenvalue weighted by atomic mass is 16.2. The standard InChI is InChI=1S/C17H29N3O/c1-19(2)16-11-9-15(10-12-16)14-20(3)17(21)8-6-4-5-7-13-18/h9-12H,4-8,13-14,18H2,1-3H3. The van der Waals surface area contributed by atoms with Crippen molar-refractivity contribution in [2.75, 3.05) is 32.6 Å². The van der Waals surface area contributed by atoms with Gasteiger partial charge < -0.3 is 15.5 Å². The highest BCUT2D eigenvalue weighted by Gasteiger charge is 2.09. The molecule has 1 rings (SSSR count). The fourth-order valence-electron chi connectivity index (χ4n) is 2.23. The molecule has 0 atom stereocenters. The lowest BCUT2D eigenvalue weighted by atomic mass is 10.1. The Balaban J connectivity index is 2.34. The summed E-state index contributed by atoms with van der Waals surface area (Å²) in [5, 5.41) is 0. The number of amides is 1. The quantitative estimate of drug-likeness (QED) is 0.712. The molecule has 0 aliphatic carbocycles. The van der Waals surface area contributed by atoms with Gasteiger partial charge in [-0.3, -0.25) is 4.79 Å².